The molecule has 0 bridgehead atoms. The second kappa shape index (κ2) is 7.38. The van der Waals surface area contributed by atoms with Crippen molar-refractivity contribution in [3.05, 3.63) is 30.7 Å². The molecule has 0 saturated carbocycles. The molecule has 0 radical (unpaired) electrons. The largest absolute Gasteiger partial charge is 0.472 e. The molecule has 1 aliphatic heterocycles. The highest BCUT2D eigenvalue weighted by molar-refractivity contribution is 5.66. The van der Waals surface area contributed by atoms with Crippen LogP contribution in [-0.4, -0.2) is 68.0 Å². The number of nitrogens with zero attached hydrogens (tertiary/aromatic N) is 5. The van der Waals surface area contributed by atoms with Crippen LogP contribution in [-0.2, 0) is 4.74 Å². The van der Waals surface area contributed by atoms with Crippen molar-refractivity contribution in [2.45, 2.75) is 25.2 Å². The van der Waals surface area contributed by atoms with Crippen LogP contribution >= 0.6 is 0 Å². The summed E-state index contributed by atoms with van der Waals surface area (Å²) in [6, 6.07) is 2.61. The van der Waals surface area contributed by atoms with E-state index in [9.17, 15) is 13.6 Å². The lowest BCUT2D eigenvalue weighted by Crippen LogP contribution is -2.38. The molecule has 134 valence electrons. The van der Waals surface area contributed by atoms with Crippen LogP contribution in [0.2, 0.25) is 0 Å². The summed E-state index contributed by atoms with van der Waals surface area (Å²) < 4.78 is 34.2. The topological polar surface area (TPSA) is 103 Å². The van der Waals surface area contributed by atoms with Gasteiger partial charge in [0.05, 0.1) is 37.8 Å². The Hall–Kier alpha value is -2.82. The maximum absolute atomic E-state index is 12.2. The van der Waals surface area contributed by atoms with Crippen molar-refractivity contribution in [1.29, 1.82) is 0 Å². The smallest absolute Gasteiger partial charge is 0.407 e. The third-order valence-electron chi connectivity index (χ3n) is 3.69. The molecule has 0 unspecified atom stereocenters. The van der Waals surface area contributed by atoms with Crippen LogP contribution in [0.1, 0.15) is 6.42 Å². The van der Waals surface area contributed by atoms with Crippen LogP contribution in [0.3, 0.4) is 0 Å². The molecule has 11 heteroatoms. The number of aromatic nitrogens is 4. The lowest BCUT2D eigenvalue weighted by molar-refractivity contribution is -0.137. The zero-order valence-electron chi connectivity index (χ0n) is 12.9. The van der Waals surface area contributed by atoms with Gasteiger partial charge in [0.2, 0.25) is 5.88 Å². The van der Waals surface area contributed by atoms with E-state index < -0.39 is 24.9 Å². The number of hydrogen-bond donors (Lipinski definition) is 1. The van der Waals surface area contributed by atoms with Gasteiger partial charge in [0.15, 0.2) is 0 Å². The average molecular weight is 355 g/mol. The minimum atomic E-state index is -2.94. The fourth-order valence-electron chi connectivity index (χ4n) is 2.62. The monoisotopic (exact) mass is 355 g/mol. The number of rotatable bonds is 6. The molecule has 1 amide bonds. The predicted molar refractivity (Wildman–Crippen MR) is 78.7 cm³/mol. The molecule has 2 aromatic rings. The maximum atomic E-state index is 12.2. The van der Waals surface area contributed by atoms with Gasteiger partial charge in [-0.3, -0.25) is 4.90 Å². The second-order valence-corrected chi connectivity index (χ2v) is 5.33. The lowest BCUT2D eigenvalue weighted by Gasteiger charge is -2.20. The number of ether oxygens (including phenoxy) is 2. The molecule has 1 aliphatic rings. The van der Waals surface area contributed by atoms with Crippen LogP contribution in [0.15, 0.2) is 30.7 Å². The van der Waals surface area contributed by atoms with Gasteiger partial charge in [-0.05, 0) is 6.07 Å². The van der Waals surface area contributed by atoms with Crippen molar-refractivity contribution in [3.63, 3.8) is 0 Å². The number of likely N-dealkylation sites (tertiary alicyclic amines) is 1. The van der Waals surface area contributed by atoms with E-state index in [2.05, 4.69) is 19.9 Å². The molecule has 25 heavy (non-hydrogen) atoms. The van der Waals surface area contributed by atoms with Crippen molar-refractivity contribution >= 4 is 6.09 Å². The molecular formula is C14H15F2N5O4. The van der Waals surface area contributed by atoms with Gasteiger partial charge in [-0.2, -0.15) is 23.8 Å². The number of pyridine rings is 1. The van der Waals surface area contributed by atoms with Gasteiger partial charge in [0, 0.05) is 12.5 Å². The molecule has 2 aromatic heterocycles. The van der Waals surface area contributed by atoms with Gasteiger partial charge in [-0.15, -0.1) is 0 Å². The number of hydrogen-bond acceptors (Lipinski definition) is 6. The van der Waals surface area contributed by atoms with Crippen molar-refractivity contribution in [3.8, 4) is 11.6 Å². The number of halogens is 2. The van der Waals surface area contributed by atoms with Crippen molar-refractivity contribution in [1.82, 2.24) is 24.9 Å². The first-order valence-corrected chi connectivity index (χ1v) is 7.41. The van der Waals surface area contributed by atoms with E-state index >= 15 is 0 Å². The molecule has 1 saturated heterocycles. The second-order valence-electron chi connectivity index (χ2n) is 5.33. The summed E-state index contributed by atoms with van der Waals surface area (Å²) in [7, 11) is 0. The number of carboxylic acid groups (broad SMARTS) is 1. The number of amides is 1. The summed E-state index contributed by atoms with van der Waals surface area (Å²) >= 11 is 0. The van der Waals surface area contributed by atoms with E-state index in [1.54, 1.807) is 12.1 Å². The summed E-state index contributed by atoms with van der Waals surface area (Å²) in [5.74, 6) is 0.293. The first-order chi connectivity index (χ1) is 12.0. The van der Waals surface area contributed by atoms with Gasteiger partial charge in [0.1, 0.15) is 11.8 Å². The van der Waals surface area contributed by atoms with Gasteiger partial charge in [-0.25, -0.2) is 9.78 Å². The minimum Gasteiger partial charge on any atom is -0.472 e. The van der Waals surface area contributed by atoms with E-state index in [-0.39, 0.29) is 19.6 Å². The Balaban J connectivity index is 1.61. The van der Waals surface area contributed by atoms with E-state index in [4.69, 9.17) is 9.84 Å². The van der Waals surface area contributed by atoms with Gasteiger partial charge >= 0.3 is 12.7 Å². The van der Waals surface area contributed by atoms with Gasteiger partial charge in [0.25, 0.3) is 0 Å². The summed E-state index contributed by atoms with van der Waals surface area (Å²) in [5, 5.41) is 17.1. The highest BCUT2D eigenvalue weighted by Gasteiger charge is 2.37. The molecule has 9 nitrogen and oxygen atoms in total. The third kappa shape index (κ3) is 4.18. The summed E-state index contributed by atoms with van der Waals surface area (Å²) in [4.78, 5) is 17.8. The van der Waals surface area contributed by atoms with Crippen molar-refractivity contribution in [2.75, 3.05) is 13.2 Å². The first-order valence-electron chi connectivity index (χ1n) is 7.41. The van der Waals surface area contributed by atoms with E-state index in [1.165, 1.54) is 23.4 Å². The molecule has 1 fully saturated rings. The minimum absolute atomic E-state index is 0.0523. The van der Waals surface area contributed by atoms with Crippen LogP contribution in [0.4, 0.5) is 13.6 Å². The van der Waals surface area contributed by atoms with Crippen molar-refractivity contribution in [2.24, 2.45) is 0 Å². The Bertz CT molecular complexity index is 698. The van der Waals surface area contributed by atoms with E-state index in [0.717, 1.165) is 4.90 Å². The van der Waals surface area contributed by atoms with Gasteiger partial charge in [-0.1, -0.05) is 0 Å². The molecule has 0 spiro atoms. The van der Waals surface area contributed by atoms with Gasteiger partial charge < -0.3 is 14.6 Å². The van der Waals surface area contributed by atoms with Crippen LogP contribution in [0.25, 0.3) is 5.69 Å². The van der Waals surface area contributed by atoms with Crippen LogP contribution in [0, 0.1) is 0 Å². The van der Waals surface area contributed by atoms with E-state index in [1.807, 2.05) is 0 Å². The van der Waals surface area contributed by atoms with Crippen LogP contribution < -0.4 is 4.74 Å². The molecule has 3 heterocycles. The van der Waals surface area contributed by atoms with Crippen molar-refractivity contribution < 1.29 is 28.2 Å². The third-order valence-corrected chi connectivity index (χ3v) is 3.69. The molecule has 2 atom stereocenters. The number of alkyl halides is 2. The highest BCUT2D eigenvalue weighted by Crippen LogP contribution is 2.23. The Kier molecular flexibility index (Phi) is 5.03. The zero-order chi connectivity index (χ0) is 17.8. The Morgan fingerprint density at radius 2 is 2.12 bits per heavy atom. The Labute approximate surface area is 140 Å². The summed E-state index contributed by atoms with van der Waals surface area (Å²) in [6.45, 7) is -3.28. The number of carbonyl (C=O) groups is 1. The maximum Gasteiger partial charge on any atom is 0.407 e. The SMILES string of the molecule is O=C(O)N1C[C@@H](Oc2ccc(-n3nccn3)cn2)C[C@H]1COC(F)F. The predicted octanol–water partition coefficient (Wildman–Crippen LogP) is 1.40. The molecule has 0 aliphatic carbocycles. The zero-order valence-corrected chi connectivity index (χ0v) is 12.9. The fraction of sp³-hybridized carbons (Fsp3) is 0.429. The van der Waals surface area contributed by atoms with Crippen LogP contribution in [0.5, 0.6) is 5.88 Å². The van der Waals surface area contributed by atoms with E-state index in [0.29, 0.717) is 11.6 Å². The summed E-state index contributed by atoms with van der Waals surface area (Å²) in [6.07, 6.45) is 3.11. The molecule has 3 rings (SSSR count). The fourth-order valence-corrected chi connectivity index (χ4v) is 2.62. The standard InChI is InChI=1S/C14H15F2N5O4/c15-13(16)24-8-10-5-11(7-20(10)14(22)23)25-12-2-1-9(6-17-12)21-18-3-4-19-21/h1-4,6,10-11,13H,5,7-8H2,(H,22,23)/t10-,11-/m0/s1. The molecular weight excluding hydrogens is 340 g/mol. The first kappa shape index (κ1) is 17.0. The average Bonchev–Trinajstić information content (AvgIpc) is 3.23. The normalized spacial score (nSPS) is 20.2. The highest BCUT2D eigenvalue weighted by atomic mass is 19.3. The Morgan fingerprint density at radius 1 is 1.36 bits per heavy atom. The quantitative estimate of drug-likeness (QED) is 0.835. The molecule has 0 aromatic carbocycles. The summed E-state index contributed by atoms with van der Waals surface area (Å²) in [5.41, 5.74) is 0.638. The Morgan fingerprint density at radius 3 is 2.72 bits per heavy atom. The molecule has 1 N–H and O–H groups in total. The lowest BCUT2D eigenvalue weighted by atomic mass is 10.2.